The number of hydrogen-bond donors (Lipinski definition) is 1. The van der Waals surface area contributed by atoms with Crippen molar-refractivity contribution in [2.24, 2.45) is 11.3 Å². The minimum Gasteiger partial charge on any atom is -0.460 e. The Morgan fingerprint density at radius 2 is 1.96 bits per heavy atom. The van der Waals surface area contributed by atoms with Gasteiger partial charge in [0.05, 0.1) is 12.1 Å². The van der Waals surface area contributed by atoms with E-state index in [2.05, 4.69) is 25.9 Å². The van der Waals surface area contributed by atoms with Crippen molar-refractivity contribution in [1.82, 2.24) is 5.16 Å². The van der Waals surface area contributed by atoms with Crippen LogP contribution in [-0.4, -0.2) is 28.4 Å². The van der Waals surface area contributed by atoms with E-state index in [4.69, 9.17) is 9.26 Å². The fourth-order valence-electron chi connectivity index (χ4n) is 3.97. The number of aromatic nitrogens is 1. The van der Waals surface area contributed by atoms with Crippen LogP contribution in [0.15, 0.2) is 10.6 Å². The van der Waals surface area contributed by atoms with Gasteiger partial charge in [0.1, 0.15) is 11.4 Å². The zero-order chi connectivity index (χ0) is 20.2. The minimum absolute atomic E-state index is 0.0984. The fourth-order valence-corrected chi connectivity index (χ4v) is 3.97. The van der Waals surface area contributed by atoms with Crippen molar-refractivity contribution >= 4 is 5.97 Å². The number of esters is 1. The van der Waals surface area contributed by atoms with Gasteiger partial charge in [-0.3, -0.25) is 4.79 Å². The Hall–Kier alpha value is -1.36. The molecule has 1 atom stereocenters. The summed E-state index contributed by atoms with van der Waals surface area (Å²) in [5.41, 5.74) is 0.875. The molecule has 154 valence electrons. The highest BCUT2D eigenvalue weighted by molar-refractivity contribution is 5.70. The molecule has 1 heterocycles. The third-order valence-corrected chi connectivity index (χ3v) is 5.05. The van der Waals surface area contributed by atoms with Gasteiger partial charge in [0, 0.05) is 24.5 Å². The van der Waals surface area contributed by atoms with Crippen LogP contribution in [0.5, 0.6) is 0 Å². The molecule has 27 heavy (non-hydrogen) atoms. The normalized spacial score (nSPS) is 21.6. The Bertz CT molecular complexity index is 603. The Morgan fingerprint density at radius 3 is 2.52 bits per heavy atom. The quantitative estimate of drug-likeness (QED) is 0.629. The predicted molar refractivity (Wildman–Crippen MR) is 106 cm³/mol. The summed E-state index contributed by atoms with van der Waals surface area (Å²) in [6, 6.07) is 2.02. The highest BCUT2D eigenvalue weighted by Crippen LogP contribution is 2.46. The minimum atomic E-state index is -0.501. The molecule has 0 aromatic carbocycles. The number of aliphatic hydroxyl groups excluding tert-OH is 1. The van der Waals surface area contributed by atoms with Gasteiger partial charge in [-0.15, -0.1) is 0 Å². The molecule has 0 spiro atoms. The number of carbonyl (C=O) groups excluding carboxylic acids is 1. The van der Waals surface area contributed by atoms with Gasteiger partial charge in [-0.25, -0.2) is 0 Å². The maximum absolute atomic E-state index is 12.2. The number of carbonyl (C=O) groups is 1. The number of rotatable bonds is 8. The molecule has 0 bridgehead atoms. The van der Waals surface area contributed by atoms with Crippen molar-refractivity contribution < 1.29 is 19.2 Å². The zero-order valence-electron chi connectivity index (χ0n) is 17.9. The number of hydrogen-bond acceptors (Lipinski definition) is 5. The average Bonchev–Trinajstić information content (AvgIpc) is 2.93. The Kier molecular flexibility index (Phi) is 7.12. The van der Waals surface area contributed by atoms with Crippen LogP contribution in [0.1, 0.15) is 103 Å². The summed E-state index contributed by atoms with van der Waals surface area (Å²) in [7, 11) is 0. The first-order valence-corrected chi connectivity index (χ1v) is 10.3. The van der Waals surface area contributed by atoms with Gasteiger partial charge >= 0.3 is 5.97 Å². The third kappa shape index (κ3) is 7.28. The van der Waals surface area contributed by atoms with E-state index in [9.17, 15) is 9.90 Å². The van der Waals surface area contributed by atoms with Gasteiger partial charge in [0.2, 0.25) is 0 Å². The Balaban J connectivity index is 1.96. The van der Waals surface area contributed by atoms with Crippen molar-refractivity contribution in [3.05, 3.63) is 17.5 Å². The van der Waals surface area contributed by atoms with Gasteiger partial charge in [0.15, 0.2) is 0 Å². The van der Waals surface area contributed by atoms with Gasteiger partial charge in [-0.2, -0.15) is 0 Å². The molecule has 1 aliphatic rings. The zero-order valence-corrected chi connectivity index (χ0v) is 17.9. The molecule has 2 rings (SSSR count). The van der Waals surface area contributed by atoms with Crippen LogP contribution >= 0.6 is 0 Å². The van der Waals surface area contributed by atoms with E-state index in [-0.39, 0.29) is 24.9 Å². The van der Waals surface area contributed by atoms with Gasteiger partial charge in [-0.1, -0.05) is 25.9 Å². The standard InChI is InChI=1S/C22H37NO4/c1-21(2,3)14-15-10-17(11-15)18-13-19(27-23-18)16(8-7-9-24)12-20(25)26-22(4,5)6/h13,15-17,24H,7-12,14H2,1-6H3/t15?,16-,17?/m0/s1. The highest BCUT2D eigenvalue weighted by atomic mass is 16.6. The molecule has 5 nitrogen and oxygen atoms in total. The average molecular weight is 380 g/mol. The molecular formula is C22H37NO4. The maximum atomic E-state index is 12.2. The van der Waals surface area contributed by atoms with Gasteiger partial charge < -0.3 is 14.4 Å². The first-order valence-electron chi connectivity index (χ1n) is 10.3. The molecule has 0 amide bonds. The van der Waals surface area contributed by atoms with Crippen molar-refractivity contribution in [2.45, 2.75) is 97.5 Å². The lowest BCUT2D eigenvalue weighted by Crippen LogP contribution is -2.26. The van der Waals surface area contributed by atoms with E-state index < -0.39 is 5.60 Å². The SMILES string of the molecule is CC(C)(C)CC1CC(c2cc([C@@H](CCCO)CC(=O)OC(C)(C)C)on2)C1. The van der Waals surface area contributed by atoms with Crippen molar-refractivity contribution in [2.75, 3.05) is 6.61 Å². The van der Waals surface area contributed by atoms with Crippen LogP contribution in [0.4, 0.5) is 0 Å². The first kappa shape index (κ1) is 21.9. The smallest absolute Gasteiger partial charge is 0.307 e. The second-order valence-electron chi connectivity index (χ2n) is 10.3. The molecule has 1 N–H and O–H groups in total. The summed E-state index contributed by atoms with van der Waals surface area (Å²) in [5.74, 6) is 1.64. The third-order valence-electron chi connectivity index (χ3n) is 5.05. The van der Waals surface area contributed by atoms with Gasteiger partial charge in [-0.05, 0) is 64.2 Å². The molecular weight excluding hydrogens is 342 g/mol. The molecule has 1 aliphatic carbocycles. The fraction of sp³-hybridized carbons (Fsp3) is 0.818. The predicted octanol–water partition coefficient (Wildman–Crippen LogP) is 5.19. The van der Waals surface area contributed by atoms with Crippen LogP contribution in [0, 0.1) is 11.3 Å². The summed E-state index contributed by atoms with van der Waals surface area (Å²) in [4.78, 5) is 12.2. The van der Waals surface area contributed by atoms with Crippen molar-refractivity contribution in [1.29, 1.82) is 0 Å². The summed E-state index contributed by atoms with van der Waals surface area (Å²) < 4.78 is 11.1. The molecule has 0 unspecified atom stereocenters. The van der Waals surface area contributed by atoms with E-state index in [0.717, 1.165) is 30.2 Å². The Labute approximate surface area is 163 Å². The number of nitrogens with zero attached hydrogens (tertiary/aromatic N) is 1. The van der Waals surface area contributed by atoms with E-state index in [1.165, 1.54) is 6.42 Å². The van der Waals surface area contributed by atoms with Crippen molar-refractivity contribution in [3.8, 4) is 0 Å². The monoisotopic (exact) mass is 379 g/mol. The number of aliphatic hydroxyl groups is 1. The second-order valence-corrected chi connectivity index (χ2v) is 10.3. The molecule has 0 radical (unpaired) electrons. The van der Waals surface area contributed by atoms with Crippen LogP contribution in [0.3, 0.4) is 0 Å². The van der Waals surface area contributed by atoms with Crippen LogP contribution in [0.2, 0.25) is 0 Å². The summed E-state index contributed by atoms with van der Waals surface area (Å²) >= 11 is 0. The molecule has 1 aromatic heterocycles. The summed E-state index contributed by atoms with van der Waals surface area (Å²) in [6.45, 7) is 12.6. The lowest BCUT2D eigenvalue weighted by atomic mass is 9.67. The van der Waals surface area contributed by atoms with E-state index >= 15 is 0 Å². The first-order chi connectivity index (χ1) is 12.5. The molecule has 1 aromatic rings. The van der Waals surface area contributed by atoms with Crippen LogP contribution in [-0.2, 0) is 9.53 Å². The molecule has 0 aliphatic heterocycles. The van der Waals surface area contributed by atoms with E-state index in [1.807, 2.05) is 26.8 Å². The van der Waals surface area contributed by atoms with Crippen molar-refractivity contribution in [3.63, 3.8) is 0 Å². The molecule has 1 saturated carbocycles. The Morgan fingerprint density at radius 1 is 1.30 bits per heavy atom. The van der Waals surface area contributed by atoms with Gasteiger partial charge in [0.25, 0.3) is 0 Å². The summed E-state index contributed by atoms with van der Waals surface area (Å²) in [5, 5.41) is 13.5. The number of ether oxygens (including phenoxy) is 1. The molecule has 1 fully saturated rings. The summed E-state index contributed by atoms with van der Waals surface area (Å²) in [6.07, 6.45) is 5.13. The lowest BCUT2D eigenvalue weighted by molar-refractivity contribution is -0.155. The molecule has 5 heteroatoms. The van der Waals surface area contributed by atoms with Crippen LogP contribution < -0.4 is 0 Å². The largest absolute Gasteiger partial charge is 0.460 e. The maximum Gasteiger partial charge on any atom is 0.307 e. The van der Waals surface area contributed by atoms with E-state index in [1.54, 1.807) is 0 Å². The highest BCUT2D eigenvalue weighted by Gasteiger charge is 2.35. The van der Waals surface area contributed by atoms with E-state index in [0.29, 0.717) is 24.2 Å². The molecule has 0 saturated heterocycles. The van der Waals surface area contributed by atoms with Crippen LogP contribution in [0.25, 0.3) is 0 Å². The lowest BCUT2D eigenvalue weighted by Gasteiger charge is -2.37. The second kappa shape index (κ2) is 8.76. The topological polar surface area (TPSA) is 72.6 Å².